The number of halogens is 1. The normalized spacial score (nSPS) is 12.3. The number of benzene rings is 1. The second-order valence-corrected chi connectivity index (χ2v) is 6.62. The molecule has 18 heavy (non-hydrogen) atoms. The van der Waals surface area contributed by atoms with Crippen molar-refractivity contribution in [1.29, 1.82) is 0 Å². The van der Waals surface area contributed by atoms with Crippen molar-refractivity contribution < 1.29 is 14.1 Å². The van der Waals surface area contributed by atoms with Gasteiger partial charge in [0.1, 0.15) is 0 Å². The SMILES string of the molecule is O=C(O)c1nc(CS(=O)c2cccc(Br)c2)cs1. The molecular formula is C11H8BrNO3S2. The van der Waals surface area contributed by atoms with Gasteiger partial charge in [-0.2, -0.15) is 0 Å². The molecular weight excluding hydrogens is 338 g/mol. The largest absolute Gasteiger partial charge is 0.476 e. The molecule has 1 heterocycles. The van der Waals surface area contributed by atoms with Crippen LogP contribution in [0.3, 0.4) is 0 Å². The highest BCUT2D eigenvalue weighted by Crippen LogP contribution is 2.18. The average Bonchev–Trinajstić information content (AvgIpc) is 2.77. The monoisotopic (exact) mass is 345 g/mol. The van der Waals surface area contributed by atoms with Gasteiger partial charge in [-0.25, -0.2) is 9.78 Å². The van der Waals surface area contributed by atoms with Gasteiger partial charge in [-0.1, -0.05) is 22.0 Å². The van der Waals surface area contributed by atoms with Crippen LogP contribution in [0.1, 0.15) is 15.5 Å². The number of aromatic carboxylic acids is 1. The van der Waals surface area contributed by atoms with Gasteiger partial charge in [0.25, 0.3) is 0 Å². The fourth-order valence-electron chi connectivity index (χ4n) is 1.30. The number of carboxylic acid groups (broad SMARTS) is 1. The molecule has 0 radical (unpaired) electrons. The van der Waals surface area contributed by atoms with E-state index < -0.39 is 16.8 Å². The Labute approximate surface area is 118 Å². The highest BCUT2D eigenvalue weighted by atomic mass is 79.9. The van der Waals surface area contributed by atoms with Crippen molar-refractivity contribution in [3.63, 3.8) is 0 Å². The van der Waals surface area contributed by atoms with Gasteiger partial charge in [0.15, 0.2) is 0 Å². The first kappa shape index (κ1) is 13.4. The van der Waals surface area contributed by atoms with Crippen LogP contribution in [-0.2, 0) is 16.6 Å². The molecule has 0 aliphatic rings. The van der Waals surface area contributed by atoms with Crippen molar-refractivity contribution in [2.75, 3.05) is 0 Å². The summed E-state index contributed by atoms with van der Waals surface area (Å²) in [5.74, 6) is -0.834. The molecule has 0 aliphatic carbocycles. The third-order valence-corrected chi connectivity index (χ3v) is 4.78. The summed E-state index contributed by atoms with van der Waals surface area (Å²) < 4.78 is 12.9. The number of hydrogen-bond acceptors (Lipinski definition) is 4. The van der Waals surface area contributed by atoms with Gasteiger partial charge in [0.2, 0.25) is 5.01 Å². The molecule has 0 spiro atoms. The van der Waals surface area contributed by atoms with E-state index in [0.717, 1.165) is 15.8 Å². The van der Waals surface area contributed by atoms with Crippen molar-refractivity contribution in [3.8, 4) is 0 Å². The smallest absolute Gasteiger partial charge is 0.365 e. The van der Waals surface area contributed by atoms with Crippen molar-refractivity contribution >= 4 is 44.0 Å². The van der Waals surface area contributed by atoms with Gasteiger partial charge >= 0.3 is 5.97 Å². The topological polar surface area (TPSA) is 67.3 Å². The van der Waals surface area contributed by atoms with E-state index in [1.54, 1.807) is 23.6 Å². The molecule has 94 valence electrons. The molecule has 1 unspecified atom stereocenters. The molecule has 1 N–H and O–H groups in total. The molecule has 4 nitrogen and oxygen atoms in total. The molecule has 0 amide bonds. The van der Waals surface area contributed by atoms with Crippen LogP contribution < -0.4 is 0 Å². The van der Waals surface area contributed by atoms with Crippen molar-refractivity contribution in [2.24, 2.45) is 0 Å². The maximum absolute atomic E-state index is 12.1. The number of carboxylic acids is 1. The van der Waals surface area contributed by atoms with Gasteiger partial charge in [-0.15, -0.1) is 11.3 Å². The lowest BCUT2D eigenvalue weighted by Crippen LogP contribution is -1.99. The maximum Gasteiger partial charge on any atom is 0.365 e. The van der Waals surface area contributed by atoms with Gasteiger partial charge in [0.05, 0.1) is 22.2 Å². The van der Waals surface area contributed by atoms with Gasteiger partial charge in [-0.3, -0.25) is 4.21 Å². The molecule has 1 aromatic carbocycles. The Bertz CT molecular complexity index is 612. The zero-order valence-corrected chi connectivity index (χ0v) is 12.2. The Morgan fingerprint density at radius 2 is 2.28 bits per heavy atom. The van der Waals surface area contributed by atoms with E-state index in [-0.39, 0.29) is 10.8 Å². The van der Waals surface area contributed by atoms with Gasteiger partial charge in [-0.05, 0) is 18.2 Å². The highest BCUT2D eigenvalue weighted by Gasteiger charge is 2.12. The molecule has 7 heteroatoms. The summed E-state index contributed by atoms with van der Waals surface area (Å²) in [4.78, 5) is 15.3. The predicted octanol–water partition coefficient (Wildman–Crippen LogP) is 2.91. The summed E-state index contributed by atoms with van der Waals surface area (Å²) in [6.07, 6.45) is 0. The summed E-state index contributed by atoms with van der Waals surface area (Å²) in [6, 6.07) is 7.21. The summed E-state index contributed by atoms with van der Waals surface area (Å²) in [6.45, 7) is 0. The lowest BCUT2D eigenvalue weighted by molar-refractivity contribution is 0.0696. The van der Waals surface area contributed by atoms with Gasteiger partial charge < -0.3 is 5.11 Å². The lowest BCUT2D eigenvalue weighted by Gasteiger charge is -2.00. The second-order valence-electron chi connectivity index (χ2n) is 3.40. The minimum Gasteiger partial charge on any atom is -0.476 e. The van der Waals surface area contributed by atoms with Crippen molar-refractivity contribution in [1.82, 2.24) is 4.98 Å². The Balaban J connectivity index is 2.13. The Morgan fingerprint density at radius 3 is 2.89 bits per heavy atom. The number of hydrogen-bond donors (Lipinski definition) is 1. The molecule has 0 saturated carbocycles. The number of thiazole rings is 1. The number of rotatable bonds is 4. The predicted molar refractivity (Wildman–Crippen MR) is 73.3 cm³/mol. The quantitative estimate of drug-likeness (QED) is 0.924. The van der Waals surface area contributed by atoms with E-state index in [1.165, 1.54) is 0 Å². The van der Waals surface area contributed by atoms with Crippen LogP contribution in [-0.4, -0.2) is 20.3 Å². The van der Waals surface area contributed by atoms with E-state index >= 15 is 0 Å². The molecule has 0 fully saturated rings. The zero-order valence-electron chi connectivity index (χ0n) is 9.00. The molecule has 0 saturated heterocycles. The van der Waals surface area contributed by atoms with E-state index in [2.05, 4.69) is 20.9 Å². The molecule has 0 bridgehead atoms. The third-order valence-electron chi connectivity index (χ3n) is 2.07. The summed E-state index contributed by atoms with van der Waals surface area (Å²) >= 11 is 4.36. The molecule has 2 rings (SSSR count). The van der Waals surface area contributed by atoms with Crippen LogP contribution in [0.2, 0.25) is 0 Å². The van der Waals surface area contributed by atoms with Crippen LogP contribution in [0.25, 0.3) is 0 Å². The number of carbonyl (C=O) groups is 1. The van der Waals surface area contributed by atoms with E-state index in [9.17, 15) is 9.00 Å². The van der Waals surface area contributed by atoms with Crippen molar-refractivity contribution in [2.45, 2.75) is 10.6 Å². The molecule has 1 aromatic heterocycles. The fourth-order valence-corrected chi connectivity index (χ4v) is 3.68. The van der Waals surface area contributed by atoms with E-state index in [1.807, 2.05) is 6.07 Å². The molecule has 1 atom stereocenters. The lowest BCUT2D eigenvalue weighted by atomic mass is 10.4. The minimum atomic E-state index is -1.22. The van der Waals surface area contributed by atoms with Gasteiger partial charge in [0, 0.05) is 14.7 Å². The minimum absolute atomic E-state index is 0.0243. The number of nitrogens with zero attached hydrogens (tertiary/aromatic N) is 1. The fraction of sp³-hybridized carbons (Fsp3) is 0.0909. The standard InChI is InChI=1S/C11H8BrNO3S2/c12-7-2-1-3-9(4-7)18(16)6-8-5-17-10(13-8)11(14)15/h1-5H,6H2,(H,14,15). The van der Waals surface area contributed by atoms with Crippen LogP contribution in [0.5, 0.6) is 0 Å². The maximum atomic E-state index is 12.1. The first-order valence-electron chi connectivity index (χ1n) is 4.88. The first-order chi connectivity index (χ1) is 8.56. The molecule has 2 aromatic rings. The number of aromatic nitrogens is 1. The summed E-state index contributed by atoms with van der Waals surface area (Å²) in [5.41, 5.74) is 0.538. The van der Waals surface area contributed by atoms with Crippen LogP contribution >= 0.6 is 27.3 Å². The first-order valence-corrected chi connectivity index (χ1v) is 7.87. The summed E-state index contributed by atoms with van der Waals surface area (Å²) in [7, 11) is -1.22. The Morgan fingerprint density at radius 1 is 1.50 bits per heavy atom. The Hall–Kier alpha value is -1.05. The summed E-state index contributed by atoms with van der Waals surface area (Å²) in [5, 5.41) is 10.4. The van der Waals surface area contributed by atoms with Crippen LogP contribution in [0.4, 0.5) is 0 Å². The zero-order chi connectivity index (χ0) is 13.1. The average molecular weight is 346 g/mol. The van der Waals surface area contributed by atoms with E-state index in [4.69, 9.17) is 5.11 Å². The highest BCUT2D eigenvalue weighted by molar-refractivity contribution is 9.10. The molecule has 0 aliphatic heterocycles. The second kappa shape index (κ2) is 5.73. The Kier molecular flexibility index (Phi) is 4.26. The van der Waals surface area contributed by atoms with E-state index in [0.29, 0.717) is 10.6 Å². The van der Waals surface area contributed by atoms with Crippen LogP contribution in [0, 0.1) is 0 Å². The third kappa shape index (κ3) is 3.24. The van der Waals surface area contributed by atoms with Crippen LogP contribution in [0.15, 0.2) is 39.0 Å². The van der Waals surface area contributed by atoms with Crippen molar-refractivity contribution in [3.05, 3.63) is 44.8 Å².